The fourth-order valence-corrected chi connectivity index (χ4v) is 4.67. The normalized spacial score (nSPS) is 17.0. The van der Waals surface area contributed by atoms with Crippen molar-refractivity contribution in [3.8, 4) is 5.75 Å². The van der Waals surface area contributed by atoms with E-state index in [0.29, 0.717) is 20.2 Å². The van der Waals surface area contributed by atoms with Gasteiger partial charge in [-0.15, -0.1) is 0 Å². The van der Waals surface area contributed by atoms with Crippen LogP contribution in [0.5, 0.6) is 5.75 Å². The molecular weight excluding hydrogens is 492 g/mol. The molecule has 158 valence electrons. The highest BCUT2D eigenvalue weighted by atomic mass is 79.9. The number of nitrogens with one attached hydrogen (secondary N) is 2. The molecule has 0 spiro atoms. The molecule has 2 aromatic carbocycles. The summed E-state index contributed by atoms with van der Waals surface area (Å²) in [6, 6.07) is 11.6. The van der Waals surface area contributed by atoms with Gasteiger partial charge in [-0.1, -0.05) is 42.4 Å². The van der Waals surface area contributed by atoms with E-state index in [-0.39, 0.29) is 18.0 Å². The topological polar surface area (TPSA) is 76.7 Å². The van der Waals surface area contributed by atoms with Gasteiger partial charge in [0.2, 0.25) is 0 Å². The second-order valence-corrected chi connectivity index (χ2v) is 8.76. The van der Waals surface area contributed by atoms with Crippen molar-refractivity contribution in [2.24, 2.45) is 0 Å². The van der Waals surface area contributed by atoms with E-state index in [4.69, 9.17) is 16.3 Å². The number of carbonyl (C=O) groups excluding carboxylic acids is 2. The summed E-state index contributed by atoms with van der Waals surface area (Å²) in [4.78, 5) is 24.2. The van der Waals surface area contributed by atoms with Crippen molar-refractivity contribution >= 4 is 62.9 Å². The number of methoxy groups -OCH3 is 1. The van der Waals surface area contributed by atoms with Crippen LogP contribution < -0.4 is 15.4 Å². The molecule has 1 atom stereocenters. The van der Waals surface area contributed by atoms with Crippen molar-refractivity contribution in [1.82, 2.24) is 5.32 Å². The van der Waals surface area contributed by atoms with Crippen molar-refractivity contribution in [3.05, 3.63) is 61.9 Å². The summed E-state index contributed by atoms with van der Waals surface area (Å²) in [5.74, 6) is -0.338. The van der Waals surface area contributed by atoms with Gasteiger partial charge in [0.15, 0.2) is 17.9 Å². The zero-order valence-corrected chi connectivity index (χ0v) is 19.5. The number of amides is 1. The Morgan fingerprint density at radius 3 is 2.70 bits per heavy atom. The maximum Gasteiger partial charge on any atom is 0.343 e. The highest BCUT2D eigenvalue weighted by Crippen LogP contribution is 2.37. The van der Waals surface area contributed by atoms with Gasteiger partial charge in [0, 0.05) is 5.69 Å². The third-order valence-electron chi connectivity index (χ3n) is 4.27. The number of halogens is 2. The maximum atomic E-state index is 12.4. The Morgan fingerprint density at radius 2 is 2.07 bits per heavy atom. The van der Waals surface area contributed by atoms with Gasteiger partial charge in [-0.2, -0.15) is 0 Å². The number of ether oxygens (including phenoxy) is 2. The number of rotatable bonds is 7. The first-order valence-electron chi connectivity index (χ1n) is 9.13. The molecular formula is C21H20BrClN2O4S. The van der Waals surface area contributed by atoms with Gasteiger partial charge in [0.05, 0.1) is 21.5 Å². The molecule has 0 aliphatic carbocycles. The molecule has 30 heavy (non-hydrogen) atoms. The summed E-state index contributed by atoms with van der Waals surface area (Å²) < 4.78 is 10.5. The molecule has 1 aliphatic heterocycles. The van der Waals surface area contributed by atoms with Crippen LogP contribution in [-0.4, -0.2) is 31.1 Å². The molecule has 2 aromatic rings. The summed E-state index contributed by atoms with van der Waals surface area (Å²) in [7, 11) is 1.28. The molecule has 0 aromatic heterocycles. The van der Waals surface area contributed by atoms with Gasteiger partial charge in [-0.3, -0.25) is 4.79 Å². The standard InChI is InChI=1S/C21H20BrClN2O4S/c1-3-12-4-6-14(7-5-12)24-21-25-20(27)17(30-21)10-13-8-15(22)19(16(23)9-13)29-11-18(26)28-2/h4-10,21,24H,3,11H2,1-2H3,(H,25,27)/b17-10-/t21-/m1/s1. The summed E-state index contributed by atoms with van der Waals surface area (Å²) in [6.07, 6.45) is 2.73. The molecule has 2 N–H and O–H groups in total. The quantitative estimate of drug-likeness (QED) is 0.410. The Balaban J connectivity index is 1.70. The Kier molecular flexibility index (Phi) is 7.69. The number of carbonyl (C=O) groups is 2. The number of hydrogen-bond acceptors (Lipinski definition) is 6. The average Bonchev–Trinajstić information content (AvgIpc) is 3.06. The predicted octanol–water partition coefficient (Wildman–Crippen LogP) is 4.82. The van der Waals surface area contributed by atoms with Crippen molar-refractivity contribution in [2.75, 3.05) is 19.0 Å². The van der Waals surface area contributed by atoms with Gasteiger partial charge in [0.25, 0.3) is 5.91 Å². The van der Waals surface area contributed by atoms with E-state index in [1.165, 1.54) is 24.4 Å². The lowest BCUT2D eigenvalue weighted by Gasteiger charge is -2.13. The summed E-state index contributed by atoms with van der Waals surface area (Å²) in [5, 5.41) is 6.51. The number of benzene rings is 2. The van der Waals surface area contributed by atoms with E-state index < -0.39 is 5.97 Å². The molecule has 0 radical (unpaired) electrons. The van der Waals surface area contributed by atoms with Crippen molar-refractivity contribution in [2.45, 2.75) is 18.8 Å². The van der Waals surface area contributed by atoms with Crippen LogP contribution in [0.4, 0.5) is 5.69 Å². The van der Waals surface area contributed by atoms with E-state index in [1.807, 2.05) is 12.1 Å². The monoisotopic (exact) mass is 510 g/mol. The Bertz CT molecular complexity index is 958. The number of aryl methyl sites for hydroxylation is 1. The zero-order chi connectivity index (χ0) is 21.7. The second kappa shape index (κ2) is 10.2. The van der Waals surface area contributed by atoms with Crippen LogP contribution in [0, 0.1) is 0 Å². The lowest BCUT2D eigenvalue weighted by atomic mass is 10.1. The minimum absolute atomic E-state index is 0.166. The summed E-state index contributed by atoms with van der Waals surface area (Å²) >= 11 is 11.1. The summed E-state index contributed by atoms with van der Waals surface area (Å²) in [6.45, 7) is 1.86. The lowest BCUT2D eigenvalue weighted by Crippen LogP contribution is -2.30. The predicted molar refractivity (Wildman–Crippen MR) is 124 cm³/mol. The minimum atomic E-state index is -0.508. The van der Waals surface area contributed by atoms with Gasteiger partial charge >= 0.3 is 5.97 Å². The van der Waals surface area contributed by atoms with Gasteiger partial charge in [0.1, 0.15) is 0 Å². The SMILES string of the molecule is CCc1ccc(N[C@@H]2NC(=O)/C(=C/c3cc(Cl)c(OCC(=O)OC)c(Br)c3)S2)cc1. The van der Waals surface area contributed by atoms with Crippen LogP contribution in [0.1, 0.15) is 18.1 Å². The van der Waals surface area contributed by atoms with Gasteiger partial charge < -0.3 is 20.1 Å². The zero-order valence-electron chi connectivity index (χ0n) is 16.3. The maximum absolute atomic E-state index is 12.4. The third kappa shape index (κ3) is 5.71. The first-order chi connectivity index (χ1) is 14.4. The molecule has 0 saturated carbocycles. The largest absolute Gasteiger partial charge is 0.479 e. The second-order valence-electron chi connectivity index (χ2n) is 6.35. The minimum Gasteiger partial charge on any atom is -0.479 e. The van der Waals surface area contributed by atoms with Crippen molar-refractivity contribution in [3.63, 3.8) is 0 Å². The molecule has 1 aliphatic rings. The molecule has 0 bridgehead atoms. The number of esters is 1. The van der Waals surface area contributed by atoms with Crippen molar-refractivity contribution in [1.29, 1.82) is 0 Å². The van der Waals surface area contributed by atoms with Crippen molar-refractivity contribution < 1.29 is 19.1 Å². The molecule has 0 unspecified atom stereocenters. The van der Waals surface area contributed by atoms with E-state index in [1.54, 1.807) is 18.2 Å². The first kappa shape index (κ1) is 22.5. The molecule has 6 nitrogen and oxygen atoms in total. The number of thioether (sulfide) groups is 1. The van der Waals surface area contributed by atoms with E-state index in [2.05, 4.69) is 50.4 Å². The van der Waals surface area contributed by atoms with Gasteiger partial charge in [-0.25, -0.2) is 4.79 Å². The average molecular weight is 512 g/mol. The van der Waals surface area contributed by atoms with Crippen LogP contribution in [0.15, 0.2) is 45.8 Å². The lowest BCUT2D eigenvalue weighted by molar-refractivity contribution is -0.142. The fraction of sp³-hybridized carbons (Fsp3) is 0.238. The fourth-order valence-electron chi connectivity index (χ4n) is 2.70. The van der Waals surface area contributed by atoms with Crippen LogP contribution in [0.2, 0.25) is 5.02 Å². The first-order valence-corrected chi connectivity index (χ1v) is 11.2. The number of anilines is 1. The van der Waals surface area contributed by atoms with E-state index in [9.17, 15) is 9.59 Å². The van der Waals surface area contributed by atoms with Crippen LogP contribution >= 0.6 is 39.3 Å². The van der Waals surface area contributed by atoms with E-state index >= 15 is 0 Å². The smallest absolute Gasteiger partial charge is 0.343 e. The van der Waals surface area contributed by atoms with Crippen LogP contribution in [-0.2, 0) is 20.7 Å². The summed E-state index contributed by atoms with van der Waals surface area (Å²) in [5.41, 5.74) is 2.65. The Morgan fingerprint density at radius 1 is 1.33 bits per heavy atom. The Labute approximate surface area is 192 Å². The number of hydrogen-bond donors (Lipinski definition) is 2. The highest BCUT2D eigenvalue weighted by Gasteiger charge is 2.27. The third-order valence-corrected chi connectivity index (χ3v) is 6.17. The highest BCUT2D eigenvalue weighted by molar-refractivity contribution is 9.10. The molecule has 3 rings (SSSR count). The molecule has 1 amide bonds. The molecule has 1 fully saturated rings. The van der Waals surface area contributed by atoms with E-state index in [0.717, 1.165) is 17.7 Å². The van der Waals surface area contributed by atoms with Gasteiger partial charge in [-0.05, 0) is 63.8 Å². The molecule has 1 saturated heterocycles. The van der Waals surface area contributed by atoms with Crippen LogP contribution in [0.25, 0.3) is 6.08 Å². The molecule has 1 heterocycles. The molecule has 9 heteroatoms. The Hall–Kier alpha value is -2.16. The van der Waals surface area contributed by atoms with Crippen LogP contribution in [0.3, 0.4) is 0 Å².